The van der Waals surface area contributed by atoms with Crippen LogP contribution in [0.15, 0.2) is 60.7 Å². The fraction of sp³-hybridized carbons (Fsp3) is 0.667. The molecule has 0 nitrogen and oxygen atoms in total. The normalized spacial score (nSPS) is 28.3. The molecular formula is C36H58Sn2. The van der Waals surface area contributed by atoms with E-state index in [0.29, 0.717) is 0 Å². The molecule has 3 fully saturated rings. The molecule has 0 spiro atoms. The molecule has 0 N–H and O–H groups in total. The second-order valence-electron chi connectivity index (χ2n) is 13.2. The molecule has 0 unspecified atom stereocenters. The summed E-state index contributed by atoms with van der Waals surface area (Å²) < 4.78 is 13.5. The van der Waals surface area contributed by atoms with Crippen molar-refractivity contribution in [3.63, 3.8) is 0 Å². The summed E-state index contributed by atoms with van der Waals surface area (Å²) in [6.45, 7) is 0. The summed E-state index contributed by atoms with van der Waals surface area (Å²) in [6, 6.07) is 24.2. The van der Waals surface area contributed by atoms with Crippen molar-refractivity contribution in [3.05, 3.63) is 60.7 Å². The first kappa shape index (κ1) is 31.0. The van der Waals surface area contributed by atoms with Gasteiger partial charge in [-0.05, 0) is 0 Å². The molecule has 2 bridgehead atoms. The second-order valence-corrected chi connectivity index (χ2v) is 39.6. The molecule has 0 amide bonds. The molecule has 2 heteroatoms. The van der Waals surface area contributed by atoms with Gasteiger partial charge in [0, 0.05) is 0 Å². The number of benzene rings is 2. The summed E-state index contributed by atoms with van der Waals surface area (Å²) in [5, 5.41) is 0. The Morgan fingerprint density at radius 3 is 0.711 bits per heavy atom. The van der Waals surface area contributed by atoms with Gasteiger partial charge in [-0.25, -0.2) is 0 Å². The fourth-order valence-electron chi connectivity index (χ4n) is 8.10. The first-order valence-electron chi connectivity index (χ1n) is 16.9. The third-order valence-electron chi connectivity index (χ3n) is 10.5. The van der Waals surface area contributed by atoms with Crippen LogP contribution in [0.1, 0.15) is 116 Å². The molecule has 3 saturated heterocycles. The van der Waals surface area contributed by atoms with Crippen molar-refractivity contribution in [2.24, 2.45) is 0 Å². The summed E-state index contributed by atoms with van der Waals surface area (Å²) in [4.78, 5) is 0. The van der Waals surface area contributed by atoms with Crippen LogP contribution in [0.25, 0.3) is 0 Å². The van der Waals surface area contributed by atoms with Crippen LogP contribution in [0.5, 0.6) is 0 Å². The molecule has 0 radical (unpaired) electrons. The van der Waals surface area contributed by atoms with Gasteiger partial charge in [0.2, 0.25) is 0 Å². The van der Waals surface area contributed by atoms with Gasteiger partial charge in [-0.1, -0.05) is 0 Å². The van der Waals surface area contributed by atoms with Crippen molar-refractivity contribution in [1.82, 2.24) is 0 Å². The number of hydrogen-bond acceptors (Lipinski definition) is 0. The van der Waals surface area contributed by atoms with E-state index in [1.54, 1.807) is 26.6 Å². The summed E-state index contributed by atoms with van der Waals surface area (Å²) >= 11 is -4.69. The molecule has 3 heterocycles. The van der Waals surface area contributed by atoms with Crippen molar-refractivity contribution in [2.75, 3.05) is 0 Å². The van der Waals surface area contributed by atoms with E-state index < -0.39 is 36.8 Å². The van der Waals surface area contributed by atoms with E-state index in [9.17, 15) is 0 Å². The van der Waals surface area contributed by atoms with Gasteiger partial charge in [-0.3, -0.25) is 0 Å². The third-order valence-corrected chi connectivity index (χ3v) is 41.8. The molecule has 5 rings (SSSR count). The topological polar surface area (TPSA) is 0 Å². The van der Waals surface area contributed by atoms with Crippen molar-refractivity contribution >= 4 is 43.9 Å². The predicted molar refractivity (Wildman–Crippen MR) is 176 cm³/mol. The van der Waals surface area contributed by atoms with Gasteiger partial charge in [0.1, 0.15) is 0 Å². The SMILES string of the molecule is c1cc[c]([Sn]23[CH2]CCCCCC[CH2][Sn]([c]4ccccc4)([CH2]CCCCCC[CH2]2)[CH2]CCCCCC[CH2]3)cc1. The first-order chi connectivity index (χ1) is 18.8. The molecule has 0 saturated carbocycles. The van der Waals surface area contributed by atoms with Gasteiger partial charge in [0.15, 0.2) is 0 Å². The standard InChI is InChI=1S/3C8H16.2C6H5.2Sn/c3*1-3-5-7-8-6-4-2;2*1-2-4-6-5-3-1;;/h3*1-8H2;2*1-5H;;. The van der Waals surface area contributed by atoms with E-state index in [2.05, 4.69) is 60.7 Å². The van der Waals surface area contributed by atoms with Crippen LogP contribution in [-0.2, 0) is 0 Å². The second kappa shape index (κ2) is 17.8. The van der Waals surface area contributed by atoms with Crippen LogP contribution in [0, 0.1) is 0 Å². The summed E-state index contributed by atoms with van der Waals surface area (Å²) in [5.74, 6) is 0. The van der Waals surface area contributed by atoms with E-state index in [0.717, 1.165) is 0 Å². The van der Waals surface area contributed by atoms with Crippen molar-refractivity contribution in [2.45, 2.75) is 142 Å². The van der Waals surface area contributed by atoms with Crippen LogP contribution in [0.3, 0.4) is 0 Å². The Hall–Kier alpha value is 0.0374. The minimum atomic E-state index is -2.34. The zero-order valence-electron chi connectivity index (χ0n) is 24.7. The fourth-order valence-corrected chi connectivity index (χ4v) is 38.3. The van der Waals surface area contributed by atoms with Crippen LogP contribution in [0.2, 0.25) is 26.6 Å². The average molecular weight is 728 g/mol. The first-order valence-corrected chi connectivity index (χ1v) is 31.9. The average Bonchev–Trinajstić information content (AvgIpc) is 2.96. The molecule has 0 aliphatic carbocycles. The molecule has 0 atom stereocenters. The summed E-state index contributed by atoms with van der Waals surface area (Å²) in [6.07, 6.45) is 27.1. The Kier molecular flexibility index (Phi) is 14.5. The Balaban J connectivity index is 1.53. The molecule has 38 heavy (non-hydrogen) atoms. The van der Waals surface area contributed by atoms with Gasteiger partial charge in [0.25, 0.3) is 0 Å². The van der Waals surface area contributed by atoms with E-state index in [4.69, 9.17) is 0 Å². The Morgan fingerprint density at radius 1 is 0.263 bits per heavy atom. The number of hydrogen-bond donors (Lipinski definition) is 0. The Bertz CT molecular complexity index is 735. The van der Waals surface area contributed by atoms with Crippen LogP contribution in [0.4, 0.5) is 0 Å². The quantitative estimate of drug-likeness (QED) is 0.270. The van der Waals surface area contributed by atoms with Gasteiger partial charge in [-0.2, -0.15) is 0 Å². The molecule has 2 aromatic carbocycles. The van der Waals surface area contributed by atoms with E-state index in [-0.39, 0.29) is 0 Å². The summed E-state index contributed by atoms with van der Waals surface area (Å²) in [7, 11) is 0. The zero-order valence-corrected chi connectivity index (χ0v) is 30.5. The number of rotatable bonds is 2. The van der Waals surface area contributed by atoms with Crippen molar-refractivity contribution in [3.8, 4) is 0 Å². The molecule has 2 aromatic rings. The van der Waals surface area contributed by atoms with Gasteiger partial charge >= 0.3 is 247 Å². The molecule has 3 aliphatic rings. The maximum absolute atomic E-state index is 2.57. The van der Waals surface area contributed by atoms with Crippen LogP contribution >= 0.6 is 0 Å². The van der Waals surface area contributed by atoms with E-state index in [1.807, 2.05) is 7.16 Å². The van der Waals surface area contributed by atoms with Gasteiger partial charge in [-0.15, -0.1) is 0 Å². The van der Waals surface area contributed by atoms with Gasteiger partial charge in [0.05, 0.1) is 0 Å². The van der Waals surface area contributed by atoms with Crippen LogP contribution < -0.4 is 7.16 Å². The van der Waals surface area contributed by atoms with Crippen molar-refractivity contribution in [1.29, 1.82) is 0 Å². The molecule has 210 valence electrons. The molecule has 3 aliphatic heterocycles. The van der Waals surface area contributed by atoms with E-state index in [1.165, 1.54) is 116 Å². The predicted octanol–water partition coefficient (Wildman–Crippen LogP) is 10.7. The Morgan fingerprint density at radius 2 is 0.474 bits per heavy atom. The Labute approximate surface area is 244 Å². The maximum atomic E-state index is 2.57. The monoisotopic (exact) mass is 730 g/mol. The number of fused-ring (bicyclic) bond motifs is 21. The minimum absolute atomic E-state index is 1.49. The third kappa shape index (κ3) is 9.84. The molecular weight excluding hydrogens is 670 g/mol. The summed E-state index contributed by atoms with van der Waals surface area (Å²) in [5.41, 5.74) is 0. The van der Waals surface area contributed by atoms with Crippen LogP contribution in [-0.4, -0.2) is 36.8 Å². The van der Waals surface area contributed by atoms with Gasteiger partial charge < -0.3 is 0 Å². The van der Waals surface area contributed by atoms with E-state index >= 15 is 0 Å². The van der Waals surface area contributed by atoms with Crippen molar-refractivity contribution < 1.29 is 0 Å². The zero-order chi connectivity index (χ0) is 26.2. The molecule has 0 aromatic heterocycles.